The van der Waals surface area contributed by atoms with E-state index in [1.807, 2.05) is 0 Å². The van der Waals surface area contributed by atoms with Crippen LogP contribution in [0.5, 0.6) is 0 Å². The number of ether oxygens (including phenoxy) is 6. The maximum Gasteiger partial charge on any atom is 0.324 e. The molecule has 6 amide bonds. The molecule has 3 heterocycles. The second kappa shape index (κ2) is 42.6. The molecule has 9 unspecified atom stereocenters. The summed E-state index contributed by atoms with van der Waals surface area (Å²) >= 11 is 15.3. The zero-order valence-electron chi connectivity index (χ0n) is 51.0. The number of hydrogen-bond donors (Lipinski definition) is 19. The molecule has 37 nitrogen and oxygen atoms in total. The average molecular weight is 1450 g/mol. The van der Waals surface area contributed by atoms with E-state index in [1.54, 1.807) is 0 Å². The first-order valence-electron chi connectivity index (χ1n) is 29.1. The molecule has 21 atom stereocenters. The van der Waals surface area contributed by atoms with E-state index in [1.165, 1.54) is 20.8 Å². The molecule has 3 fully saturated rings. The molecule has 0 spiro atoms. The number of aliphatic hydroxyl groups is 10. The Morgan fingerprint density at radius 2 is 0.685 bits per heavy atom. The van der Waals surface area contributed by atoms with Crippen LogP contribution >= 0.6 is 20.2 Å². The van der Waals surface area contributed by atoms with Gasteiger partial charge in [-0.05, 0) is 73.9 Å². The standard InChI is InChI=1S/C49H91N6O31P3S3/c1-26(60)50-38-44(69)41(66)32(18-57)84-47(38)76-14-8-5-11-35(63)53-29(17-56)21-80-88(73,91)81-24-31(55-37(65)13-7-10-16-78-49-40(52-28(3)62)46(71)43(68)34(20-59)86-49)25-83-89(74,92)82-23-30(22-79-87(72,90)75-4)54-36(64)12-6-9-15-77-48-39(51-27(2)61)45(70)42(67)33(19-58)85-48/h29-34,38-49,56-59,66-71H,5-25H2,1-4H3,(H,50,60)(H,51,61)(H,52,62)(H,53,63)(H,54,64)(H,55,65)(H,72,90)(H,73,91)(H,74,92)/t29-,30+,31-,32?,33?,34?,38?,39?,40?,41+,42+,43+,44-,45-,46-,47-,48-,49-,87?,88?,89?/m1/s1. The van der Waals surface area contributed by atoms with Crippen LogP contribution in [0.25, 0.3) is 0 Å². The smallest absolute Gasteiger partial charge is 0.324 e. The lowest BCUT2D eigenvalue weighted by molar-refractivity contribution is -0.270. The predicted octanol–water partition coefficient (Wildman–Crippen LogP) is -6.80. The van der Waals surface area contributed by atoms with E-state index in [4.69, 9.17) is 91.0 Å². The van der Waals surface area contributed by atoms with Crippen molar-refractivity contribution in [1.29, 1.82) is 0 Å². The summed E-state index contributed by atoms with van der Waals surface area (Å²) in [7, 11) is 1.08. The molecular formula is C49H91N6O31P3S3. The summed E-state index contributed by atoms with van der Waals surface area (Å²) in [5.41, 5.74) is 0. The van der Waals surface area contributed by atoms with Crippen molar-refractivity contribution >= 4 is 91.0 Å². The fourth-order valence-corrected chi connectivity index (χ4v) is 12.0. The van der Waals surface area contributed by atoms with Crippen LogP contribution in [0.15, 0.2) is 0 Å². The van der Waals surface area contributed by atoms with Crippen LogP contribution in [0.4, 0.5) is 0 Å². The van der Waals surface area contributed by atoms with Crippen molar-refractivity contribution in [3.63, 3.8) is 0 Å². The number of unbranched alkanes of at least 4 members (excludes halogenated alkanes) is 3. The zero-order valence-corrected chi connectivity index (χ0v) is 56.1. The lowest BCUT2D eigenvalue weighted by Gasteiger charge is -2.42. The van der Waals surface area contributed by atoms with E-state index in [9.17, 15) is 94.5 Å². The van der Waals surface area contributed by atoms with Gasteiger partial charge in [0.15, 0.2) is 18.9 Å². The first-order chi connectivity index (χ1) is 43.3. The number of aliphatic hydroxyl groups excluding tert-OH is 10. The van der Waals surface area contributed by atoms with Gasteiger partial charge in [0.05, 0.1) is 77.6 Å². The fourth-order valence-electron chi connectivity index (χ4n) is 8.95. The summed E-state index contributed by atoms with van der Waals surface area (Å²) in [5.74, 6) is -3.53. The molecular weight excluding hydrogens is 1360 g/mol. The Balaban J connectivity index is 1.63. The van der Waals surface area contributed by atoms with E-state index < -0.39 is 225 Å². The maximum atomic E-state index is 13.4. The molecule has 0 saturated carbocycles. The van der Waals surface area contributed by atoms with Gasteiger partial charge in [0.25, 0.3) is 0 Å². The van der Waals surface area contributed by atoms with Gasteiger partial charge in [-0.15, -0.1) is 0 Å². The van der Waals surface area contributed by atoms with Crippen molar-refractivity contribution in [2.75, 3.05) is 86.4 Å². The van der Waals surface area contributed by atoms with Crippen molar-refractivity contribution in [3.05, 3.63) is 0 Å². The molecule has 3 saturated heterocycles. The van der Waals surface area contributed by atoms with Crippen molar-refractivity contribution in [2.45, 2.75) is 189 Å². The summed E-state index contributed by atoms with van der Waals surface area (Å²) in [6.45, 7) is -15.1. The number of carbonyl (C=O) groups is 6. The van der Waals surface area contributed by atoms with Crippen molar-refractivity contribution in [3.8, 4) is 0 Å². The molecule has 19 N–H and O–H groups in total. The Morgan fingerprint density at radius 1 is 0.424 bits per heavy atom. The van der Waals surface area contributed by atoms with Crippen LogP contribution in [0.3, 0.4) is 0 Å². The first-order valence-corrected chi connectivity index (χ1v) is 36.9. The van der Waals surface area contributed by atoms with Crippen LogP contribution in [0.2, 0.25) is 0 Å². The molecule has 0 bridgehead atoms. The summed E-state index contributed by atoms with van der Waals surface area (Å²) in [6, 6.07) is -7.22. The minimum Gasteiger partial charge on any atom is -0.394 e. The molecule has 536 valence electrons. The molecule has 0 aromatic carbocycles. The predicted molar refractivity (Wildman–Crippen MR) is 325 cm³/mol. The van der Waals surface area contributed by atoms with Crippen molar-refractivity contribution < 1.29 is 150 Å². The summed E-state index contributed by atoms with van der Waals surface area (Å²) in [4.78, 5) is 107. The second-order valence-electron chi connectivity index (χ2n) is 21.3. The number of carbonyl (C=O) groups excluding carboxylic acids is 6. The minimum atomic E-state index is -4.38. The highest BCUT2D eigenvalue weighted by Crippen LogP contribution is 2.46. The van der Waals surface area contributed by atoms with Gasteiger partial charge in [0, 0.05) is 67.0 Å². The number of hydrogen-bond acceptors (Lipinski definition) is 31. The van der Waals surface area contributed by atoms with Crippen LogP contribution in [-0.4, -0.2) is 298 Å². The van der Waals surface area contributed by atoms with Gasteiger partial charge in [-0.3, -0.25) is 28.8 Å². The summed E-state index contributed by atoms with van der Waals surface area (Å²) in [6.07, 6.45) is -16.1. The SMILES string of the molecule is COP(O)(=S)OC[C@@H](COP(O)(=S)OC[C@@H](COP(O)(=S)OC[C@@H](CO)NC(=O)CCCCO[C@@H]1OC(CO)[C@H](O)[C@H](O)C1NC(C)=O)NC(=O)CCCCO[C@@H]1OC(CO)[C@H](O)[C@H](O)C1NC(C)=O)NC(=O)CCCCO[C@@H]1OC(CO)[C@H](O)[C@H](O)C1NC(C)=O. The van der Waals surface area contributed by atoms with Crippen LogP contribution in [0, 0.1) is 0 Å². The molecule has 0 aliphatic carbocycles. The molecule has 0 aromatic heterocycles. The lowest BCUT2D eigenvalue weighted by Crippen LogP contribution is -2.64. The van der Waals surface area contributed by atoms with E-state index >= 15 is 0 Å². The molecule has 3 aliphatic rings. The Bertz CT molecular complexity index is 2430. The summed E-state index contributed by atoms with van der Waals surface area (Å²) in [5, 5.41) is 116. The third kappa shape index (κ3) is 30.7. The first kappa shape index (κ1) is 84.0. The number of rotatable bonds is 44. The Kier molecular flexibility index (Phi) is 38.9. The highest BCUT2D eigenvalue weighted by molar-refractivity contribution is 8.07. The van der Waals surface area contributed by atoms with Crippen LogP contribution < -0.4 is 31.9 Å². The Morgan fingerprint density at radius 3 is 0.935 bits per heavy atom. The van der Waals surface area contributed by atoms with E-state index in [0.29, 0.717) is 0 Å². The lowest BCUT2D eigenvalue weighted by atomic mass is 9.97. The summed E-state index contributed by atoms with van der Waals surface area (Å²) < 4.78 is 65.8. The minimum absolute atomic E-state index is 0.0472. The van der Waals surface area contributed by atoms with Crippen molar-refractivity contribution in [1.82, 2.24) is 31.9 Å². The highest BCUT2D eigenvalue weighted by atomic mass is 32.5. The van der Waals surface area contributed by atoms with Crippen LogP contribution in [-0.2, 0) is 120 Å². The Labute approximate surface area is 545 Å². The van der Waals surface area contributed by atoms with E-state index in [0.717, 1.165) is 7.11 Å². The third-order valence-corrected chi connectivity index (χ3v) is 18.6. The van der Waals surface area contributed by atoms with Gasteiger partial charge in [0.2, 0.25) is 35.4 Å². The fraction of sp³-hybridized carbons (Fsp3) is 0.878. The van der Waals surface area contributed by atoms with Gasteiger partial charge in [-0.1, -0.05) is 0 Å². The molecule has 3 aliphatic heterocycles. The van der Waals surface area contributed by atoms with Crippen LogP contribution in [0.1, 0.15) is 78.6 Å². The van der Waals surface area contributed by atoms with E-state index in [2.05, 4.69) is 31.9 Å². The monoisotopic (exact) mass is 1450 g/mol. The van der Waals surface area contributed by atoms with Gasteiger partial charge < -0.3 is 153 Å². The average Bonchev–Trinajstić information content (AvgIpc) is 0.835. The van der Waals surface area contributed by atoms with Gasteiger partial charge in [-0.2, -0.15) is 0 Å². The molecule has 43 heteroatoms. The van der Waals surface area contributed by atoms with Gasteiger partial charge in [0.1, 0.15) is 73.1 Å². The largest absolute Gasteiger partial charge is 0.394 e. The van der Waals surface area contributed by atoms with Crippen molar-refractivity contribution in [2.24, 2.45) is 0 Å². The highest BCUT2D eigenvalue weighted by Gasteiger charge is 2.48. The second-order valence-corrected chi connectivity index (χ2v) is 29.9. The van der Waals surface area contributed by atoms with E-state index in [-0.39, 0.29) is 77.6 Å². The topological polar surface area (TPSA) is 548 Å². The Hall–Kier alpha value is -2.23. The molecule has 92 heavy (non-hydrogen) atoms. The van der Waals surface area contributed by atoms with Gasteiger partial charge in [-0.25, -0.2) is 0 Å². The molecule has 3 rings (SSSR count). The maximum absolute atomic E-state index is 13.4. The zero-order chi connectivity index (χ0) is 68.9. The third-order valence-electron chi connectivity index (χ3n) is 13.7. The normalized spacial score (nSPS) is 29.6. The quantitative estimate of drug-likeness (QED) is 0.0199. The molecule has 0 radical (unpaired) electrons. The number of amides is 6. The number of nitrogens with one attached hydrogen (secondary N) is 6. The molecule has 0 aromatic rings. The van der Waals surface area contributed by atoms with Gasteiger partial charge >= 0.3 is 20.2 Å².